The minimum Gasteiger partial charge on any atom is -0.492 e. The number of fused-ring (bicyclic) bond motifs is 1. The summed E-state index contributed by atoms with van der Waals surface area (Å²) in [4.78, 5) is 37.6. The SMILES string of the molecule is CCOc1cccc2c1nc(C(F)F)n2-c1nc(-c2ccncc2)nc(N2CCN(C(=O)CCl)CC2)n1. The predicted octanol–water partition coefficient (Wildman–Crippen LogP) is 3.50. The molecule has 1 aliphatic heterocycles. The highest BCUT2D eigenvalue weighted by atomic mass is 35.5. The molecule has 0 spiro atoms. The van der Waals surface area contributed by atoms with Crippen molar-refractivity contribution in [2.24, 2.45) is 0 Å². The van der Waals surface area contributed by atoms with E-state index in [0.29, 0.717) is 66.9 Å². The molecule has 0 unspecified atom stereocenters. The normalized spacial score (nSPS) is 14.0. The Morgan fingerprint density at radius 3 is 2.43 bits per heavy atom. The number of carbonyl (C=O) groups excluding carboxylic acids is 1. The maximum absolute atomic E-state index is 14.2. The summed E-state index contributed by atoms with van der Waals surface area (Å²) in [7, 11) is 0. The van der Waals surface area contributed by atoms with Gasteiger partial charge in [0, 0.05) is 44.1 Å². The van der Waals surface area contributed by atoms with E-state index in [4.69, 9.17) is 16.3 Å². The highest BCUT2D eigenvalue weighted by Crippen LogP contribution is 2.32. The molecule has 1 aliphatic rings. The molecule has 4 heterocycles. The summed E-state index contributed by atoms with van der Waals surface area (Å²) in [6.45, 7) is 3.93. The molecule has 0 radical (unpaired) electrons. The van der Waals surface area contributed by atoms with Crippen molar-refractivity contribution in [3.05, 3.63) is 48.5 Å². The van der Waals surface area contributed by atoms with Gasteiger partial charge in [0.25, 0.3) is 6.43 Å². The van der Waals surface area contributed by atoms with Gasteiger partial charge in [-0.3, -0.25) is 14.3 Å². The number of hydrogen-bond acceptors (Lipinski definition) is 8. The molecule has 0 saturated carbocycles. The fraction of sp³-hybridized carbons (Fsp3) is 0.333. The van der Waals surface area contributed by atoms with E-state index in [0.717, 1.165) is 0 Å². The Bertz CT molecular complexity index is 1410. The van der Waals surface area contributed by atoms with Crippen LogP contribution >= 0.6 is 11.6 Å². The van der Waals surface area contributed by atoms with Crippen LogP contribution < -0.4 is 9.64 Å². The van der Waals surface area contributed by atoms with Gasteiger partial charge in [0.2, 0.25) is 17.8 Å². The summed E-state index contributed by atoms with van der Waals surface area (Å²) in [6.07, 6.45) is 0.304. The van der Waals surface area contributed by atoms with Gasteiger partial charge in [-0.1, -0.05) is 6.07 Å². The van der Waals surface area contributed by atoms with E-state index in [1.54, 1.807) is 47.6 Å². The van der Waals surface area contributed by atoms with Crippen LogP contribution in [0, 0.1) is 0 Å². The Kier molecular flexibility index (Phi) is 7.08. The van der Waals surface area contributed by atoms with Crippen LogP contribution in [0.2, 0.25) is 0 Å². The van der Waals surface area contributed by atoms with Crippen LogP contribution in [0.4, 0.5) is 14.7 Å². The molecule has 13 heteroatoms. The Morgan fingerprint density at radius 2 is 1.76 bits per heavy atom. The molecule has 4 aromatic rings. The first-order chi connectivity index (χ1) is 18.0. The number of ether oxygens (including phenoxy) is 1. The van der Waals surface area contributed by atoms with Crippen molar-refractivity contribution in [3.63, 3.8) is 0 Å². The first-order valence-corrected chi connectivity index (χ1v) is 12.2. The van der Waals surface area contributed by atoms with E-state index in [1.807, 2.05) is 11.8 Å². The molecule has 192 valence electrons. The molecule has 3 aromatic heterocycles. The van der Waals surface area contributed by atoms with Gasteiger partial charge in [-0.05, 0) is 31.2 Å². The third kappa shape index (κ3) is 4.88. The predicted molar refractivity (Wildman–Crippen MR) is 133 cm³/mol. The average Bonchev–Trinajstić information content (AvgIpc) is 3.34. The number of pyridine rings is 1. The first-order valence-electron chi connectivity index (χ1n) is 11.7. The van der Waals surface area contributed by atoms with Gasteiger partial charge in [-0.2, -0.15) is 15.0 Å². The summed E-state index contributed by atoms with van der Waals surface area (Å²) in [5.41, 5.74) is 1.32. The lowest BCUT2D eigenvalue weighted by molar-refractivity contribution is -0.128. The van der Waals surface area contributed by atoms with Crippen LogP contribution in [-0.2, 0) is 4.79 Å². The van der Waals surface area contributed by atoms with Crippen LogP contribution in [-0.4, -0.2) is 79.0 Å². The number of anilines is 1. The average molecular weight is 529 g/mol. The molecule has 0 aliphatic carbocycles. The largest absolute Gasteiger partial charge is 0.492 e. The monoisotopic (exact) mass is 528 g/mol. The second kappa shape index (κ2) is 10.6. The number of benzene rings is 1. The van der Waals surface area contributed by atoms with Crippen molar-refractivity contribution in [2.75, 3.05) is 43.6 Å². The van der Waals surface area contributed by atoms with Gasteiger partial charge >= 0.3 is 0 Å². The van der Waals surface area contributed by atoms with Crippen LogP contribution in [0.25, 0.3) is 28.4 Å². The van der Waals surface area contributed by atoms with Crippen molar-refractivity contribution in [1.29, 1.82) is 0 Å². The summed E-state index contributed by atoms with van der Waals surface area (Å²) < 4.78 is 35.3. The van der Waals surface area contributed by atoms with Crippen LogP contribution in [0.5, 0.6) is 5.75 Å². The van der Waals surface area contributed by atoms with Crippen molar-refractivity contribution in [1.82, 2.24) is 34.4 Å². The fourth-order valence-corrected chi connectivity index (χ4v) is 4.35. The summed E-state index contributed by atoms with van der Waals surface area (Å²) in [5, 5.41) is 0. The van der Waals surface area contributed by atoms with Crippen molar-refractivity contribution < 1.29 is 18.3 Å². The number of rotatable bonds is 7. The number of aromatic nitrogens is 6. The van der Waals surface area contributed by atoms with Crippen LogP contribution in [0.15, 0.2) is 42.7 Å². The van der Waals surface area contributed by atoms with Gasteiger partial charge in [0.05, 0.1) is 12.1 Å². The molecule has 1 saturated heterocycles. The molecular weight excluding hydrogens is 506 g/mol. The van der Waals surface area contributed by atoms with Crippen molar-refractivity contribution in [3.8, 4) is 23.1 Å². The lowest BCUT2D eigenvalue weighted by Crippen LogP contribution is -2.49. The summed E-state index contributed by atoms with van der Waals surface area (Å²) in [6, 6.07) is 8.52. The van der Waals surface area contributed by atoms with Crippen molar-refractivity contribution in [2.45, 2.75) is 13.3 Å². The third-order valence-corrected chi connectivity index (χ3v) is 6.18. The maximum atomic E-state index is 14.2. The standard InChI is InChI=1S/C24H23ClF2N8O2/c1-2-37-17-5-3-4-16-19(17)29-22(20(26)27)35(16)24-31-21(15-6-8-28-9-7-15)30-23(32-24)34-12-10-33(11-13-34)18(36)14-25/h3-9,20H,2,10-14H2,1H3. The second-order valence-corrected chi connectivity index (χ2v) is 8.43. The van der Waals surface area contributed by atoms with Gasteiger partial charge in [-0.25, -0.2) is 13.8 Å². The second-order valence-electron chi connectivity index (χ2n) is 8.16. The van der Waals surface area contributed by atoms with E-state index in [-0.39, 0.29) is 17.7 Å². The van der Waals surface area contributed by atoms with E-state index >= 15 is 0 Å². The van der Waals surface area contributed by atoms with E-state index < -0.39 is 12.2 Å². The Balaban J connectivity index is 1.65. The third-order valence-electron chi connectivity index (χ3n) is 5.95. The molecule has 0 bridgehead atoms. The maximum Gasteiger partial charge on any atom is 0.296 e. The highest BCUT2D eigenvalue weighted by molar-refractivity contribution is 6.27. The zero-order valence-electron chi connectivity index (χ0n) is 19.9. The van der Waals surface area contributed by atoms with Crippen molar-refractivity contribution >= 4 is 34.5 Å². The quantitative estimate of drug-likeness (QED) is 0.336. The van der Waals surface area contributed by atoms with Gasteiger partial charge in [0.15, 0.2) is 11.6 Å². The van der Waals surface area contributed by atoms with E-state index in [9.17, 15) is 13.6 Å². The zero-order chi connectivity index (χ0) is 25.9. The van der Waals surface area contributed by atoms with Gasteiger partial charge in [-0.15, -0.1) is 11.6 Å². The molecule has 1 aromatic carbocycles. The number of para-hydroxylation sites is 1. The number of amides is 1. The molecule has 0 atom stereocenters. The minimum atomic E-state index is -2.89. The molecule has 10 nitrogen and oxygen atoms in total. The first kappa shape index (κ1) is 24.8. The Labute approximate surface area is 215 Å². The topological polar surface area (TPSA) is 102 Å². The molecule has 1 fully saturated rings. The van der Waals surface area contributed by atoms with Gasteiger partial charge < -0.3 is 14.5 Å². The number of imidazole rings is 1. The number of alkyl halides is 3. The Morgan fingerprint density at radius 1 is 1.03 bits per heavy atom. The number of piperazine rings is 1. The molecule has 0 N–H and O–H groups in total. The smallest absolute Gasteiger partial charge is 0.296 e. The minimum absolute atomic E-state index is 0.00234. The highest BCUT2D eigenvalue weighted by Gasteiger charge is 2.27. The number of hydrogen-bond donors (Lipinski definition) is 0. The number of halogens is 3. The van der Waals surface area contributed by atoms with Crippen LogP contribution in [0.1, 0.15) is 19.2 Å². The van der Waals surface area contributed by atoms with E-state index in [2.05, 4.69) is 24.9 Å². The van der Waals surface area contributed by atoms with Gasteiger partial charge in [0.1, 0.15) is 17.1 Å². The summed E-state index contributed by atoms with van der Waals surface area (Å²) >= 11 is 5.70. The number of nitrogens with zero attached hydrogens (tertiary/aromatic N) is 8. The Hall–Kier alpha value is -3.93. The molecule has 37 heavy (non-hydrogen) atoms. The fourth-order valence-electron chi connectivity index (χ4n) is 4.19. The van der Waals surface area contributed by atoms with Crippen LogP contribution in [0.3, 0.4) is 0 Å². The molecule has 1 amide bonds. The molecule has 5 rings (SSSR count). The summed E-state index contributed by atoms with van der Waals surface area (Å²) in [5.74, 6) is 0.259. The zero-order valence-corrected chi connectivity index (χ0v) is 20.6. The van der Waals surface area contributed by atoms with E-state index in [1.165, 1.54) is 4.57 Å². The lowest BCUT2D eigenvalue weighted by atomic mass is 10.2. The molecular formula is C24H23ClF2N8O2. The number of carbonyl (C=O) groups is 1. The lowest BCUT2D eigenvalue weighted by Gasteiger charge is -2.34.